The van der Waals surface area contributed by atoms with Gasteiger partial charge in [0.2, 0.25) is 0 Å². The number of nitrogens with two attached hydrogens (primary N) is 1. The Morgan fingerprint density at radius 1 is 1.43 bits per heavy atom. The van der Waals surface area contributed by atoms with Crippen molar-refractivity contribution in [3.05, 3.63) is 11.6 Å². The molecule has 0 spiro atoms. The molecule has 0 unspecified atom stereocenters. The van der Waals surface area contributed by atoms with Crippen LogP contribution in [0.25, 0.3) is 0 Å². The standard InChI is InChI=1S/C9H18N4S/c1-7-11-12-8(13(7)4)5-14-6-9(2,3)10/h5-6,10H2,1-4H3. The van der Waals surface area contributed by atoms with E-state index in [1.165, 1.54) is 0 Å². The fraction of sp³-hybridized carbons (Fsp3) is 0.778. The van der Waals surface area contributed by atoms with Crippen molar-refractivity contribution in [3.63, 3.8) is 0 Å². The molecular formula is C9H18N4S. The van der Waals surface area contributed by atoms with E-state index < -0.39 is 0 Å². The molecule has 2 N–H and O–H groups in total. The molecule has 0 radical (unpaired) electrons. The Bertz CT molecular complexity index is 300. The van der Waals surface area contributed by atoms with Gasteiger partial charge in [-0.05, 0) is 20.8 Å². The first-order chi connectivity index (χ1) is 6.40. The van der Waals surface area contributed by atoms with Gasteiger partial charge in [0.25, 0.3) is 0 Å². The first-order valence-electron chi connectivity index (χ1n) is 4.61. The second kappa shape index (κ2) is 4.31. The van der Waals surface area contributed by atoms with Gasteiger partial charge in [-0.1, -0.05) is 0 Å². The zero-order valence-electron chi connectivity index (χ0n) is 9.24. The van der Waals surface area contributed by atoms with Gasteiger partial charge < -0.3 is 10.3 Å². The van der Waals surface area contributed by atoms with E-state index in [-0.39, 0.29) is 5.54 Å². The Hall–Kier alpha value is -0.550. The van der Waals surface area contributed by atoms with Crippen LogP contribution in [-0.4, -0.2) is 26.1 Å². The average Bonchev–Trinajstić information content (AvgIpc) is 2.33. The number of aryl methyl sites for hydroxylation is 1. The van der Waals surface area contributed by atoms with Crippen LogP contribution in [0.2, 0.25) is 0 Å². The Morgan fingerprint density at radius 2 is 2.07 bits per heavy atom. The number of hydrogen-bond acceptors (Lipinski definition) is 4. The largest absolute Gasteiger partial charge is 0.325 e. The van der Waals surface area contributed by atoms with Crippen LogP contribution < -0.4 is 5.73 Å². The van der Waals surface area contributed by atoms with E-state index in [0.29, 0.717) is 0 Å². The van der Waals surface area contributed by atoms with Crippen LogP contribution in [0.1, 0.15) is 25.5 Å². The van der Waals surface area contributed by atoms with Crippen LogP contribution in [0.5, 0.6) is 0 Å². The highest BCUT2D eigenvalue weighted by Gasteiger charge is 2.11. The maximum Gasteiger partial charge on any atom is 0.142 e. The number of thioether (sulfide) groups is 1. The van der Waals surface area contributed by atoms with Gasteiger partial charge in [0, 0.05) is 18.3 Å². The Labute approximate surface area is 89.3 Å². The minimum Gasteiger partial charge on any atom is -0.325 e. The minimum atomic E-state index is -0.113. The lowest BCUT2D eigenvalue weighted by molar-refractivity contribution is 0.591. The van der Waals surface area contributed by atoms with Gasteiger partial charge in [0.15, 0.2) is 0 Å². The molecule has 0 saturated heterocycles. The summed E-state index contributed by atoms with van der Waals surface area (Å²) >= 11 is 1.79. The first-order valence-corrected chi connectivity index (χ1v) is 5.77. The zero-order valence-corrected chi connectivity index (χ0v) is 10.1. The molecule has 0 aliphatic rings. The molecule has 5 heteroatoms. The van der Waals surface area contributed by atoms with Crippen LogP contribution in [0.3, 0.4) is 0 Å². The summed E-state index contributed by atoms with van der Waals surface area (Å²) in [5.74, 6) is 3.76. The number of aromatic nitrogens is 3. The topological polar surface area (TPSA) is 56.7 Å². The monoisotopic (exact) mass is 214 g/mol. The van der Waals surface area contributed by atoms with E-state index in [1.54, 1.807) is 11.8 Å². The minimum absolute atomic E-state index is 0.113. The molecule has 1 rings (SSSR count). The van der Waals surface area contributed by atoms with Crippen LogP contribution in [0.4, 0.5) is 0 Å². The van der Waals surface area contributed by atoms with Crippen LogP contribution in [-0.2, 0) is 12.8 Å². The fourth-order valence-corrected chi connectivity index (χ4v) is 2.04. The molecule has 14 heavy (non-hydrogen) atoms. The third-order valence-electron chi connectivity index (χ3n) is 1.89. The summed E-state index contributed by atoms with van der Waals surface area (Å²) in [6.07, 6.45) is 0. The molecular weight excluding hydrogens is 196 g/mol. The summed E-state index contributed by atoms with van der Waals surface area (Å²) < 4.78 is 2.01. The van der Waals surface area contributed by atoms with E-state index in [2.05, 4.69) is 10.2 Å². The van der Waals surface area contributed by atoms with Gasteiger partial charge in [-0.3, -0.25) is 0 Å². The SMILES string of the molecule is Cc1nnc(CSCC(C)(C)N)n1C. The quantitative estimate of drug-likeness (QED) is 0.815. The van der Waals surface area contributed by atoms with Gasteiger partial charge in [-0.25, -0.2) is 0 Å². The second-order valence-electron chi connectivity index (χ2n) is 4.20. The maximum absolute atomic E-state index is 5.88. The van der Waals surface area contributed by atoms with E-state index in [9.17, 15) is 0 Å². The number of hydrogen-bond donors (Lipinski definition) is 1. The summed E-state index contributed by atoms with van der Waals surface area (Å²) in [6, 6.07) is 0. The highest BCUT2D eigenvalue weighted by atomic mass is 32.2. The molecule has 1 aromatic rings. The van der Waals surface area contributed by atoms with Gasteiger partial charge in [-0.2, -0.15) is 11.8 Å². The van der Waals surface area contributed by atoms with Gasteiger partial charge in [0.1, 0.15) is 11.6 Å². The van der Waals surface area contributed by atoms with E-state index in [0.717, 1.165) is 23.2 Å². The van der Waals surface area contributed by atoms with Crippen molar-refractivity contribution in [1.29, 1.82) is 0 Å². The van der Waals surface area contributed by atoms with Crippen LogP contribution >= 0.6 is 11.8 Å². The maximum atomic E-state index is 5.88. The molecule has 0 bridgehead atoms. The average molecular weight is 214 g/mol. The molecule has 0 aliphatic carbocycles. The summed E-state index contributed by atoms with van der Waals surface area (Å²) in [5, 5.41) is 8.09. The summed E-state index contributed by atoms with van der Waals surface area (Å²) in [5.41, 5.74) is 5.77. The number of rotatable bonds is 4. The molecule has 0 saturated carbocycles. The van der Waals surface area contributed by atoms with Crippen molar-refractivity contribution in [1.82, 2.24) is 14.8 Å². The van der Waals surface area contributed by atoms with E-state index >= 15 is 0 Å². The van der Waals surface area contributed by atoms with Gasteiger partial charge in [-0.15, -0.1) is 10.2 Å². The highest BCUT2D eigenvalue weighted by molar-refractivity contribution is 7.98. The molecule has 1 heterocycles. The van der Waals surface area contributed by atoms with Crippen molar-refractivity contribution in [2.75, 3.05) is 5.75 Å². The summed E-state index contributed by atoms with van der Waals surface area (Å²) in [4.78, 5) is 0. The highest BCUT2D eigenvalue weighted by Crippen LogP contribution is 2.14. The smallest absolute Gasteiger partial charge is 0.142 e. The molecule has 80 valence electrons. The van der Waals surface area contributed by atoms with Crippen molar-refractivity contribution < 1.29 is 0 Å². The Morgan fingerprint density at radius 3 is 2.50 bits per heavy atom. The van der Waals surface area contributed by atoms with Crippen molar-refractivity contribution in [3.8, 4) is 0 Å². The van der Waals surface area contributed by atoms with E-state index in [4.69, 9.17) is 5.73 Å². The predicted octanol–water partition coefficient (Wildman–Crippen LogP) is 1.09. The molecule has 4 nitrogen and oxygen atoms in total. The van der Waals surface area contributed by atoms with Crippen molar-refractivity contribution >= 4 is 11.8 Å². The van der Waals surface area contributed by atoms with Gasteiger partial charge >= 0.3 is 0 Å². The molecule has 0 fully saturated rings. The fourth-order valence-electron chi connectivity index (χ4n) is 0.982. The van der Waals surface area contributed by atoms with Gasteiger partial charge in [0.05, 0.1) is 5.75 Å². The van der Waals surface area contributed by atoms with E-state index in [1.807, 2.05) is 32.4 Å². The Kier molecular flexibility index (Phi) is 3.55. The summed E-state index contributed by atoms with van der Waals surface area (Å²) in [6.45, 7) is 6.01. The normalized spacial score (nSPS) is 12.1. The molecule has 1 aromatic heterocycles. The summed E-state index contributed by atoms with van der Waals surface area (Å²) in [7, 11) is 1.98. The van der Waals surface area contributed by atoms with Crippen molar-refractivity contribution in [2.45, 2.75) is 32.1 Å². The first kappa shape index (κ1) is 11.5. The lowest BCUT2D eigenvalue weighted by Gasteiger charge is -2.17. The lowest BCUT2D eigenvalue weighted by Crippen LogP contribution is -2.34. The zero-order chi connectivity index (χ0) is 10.8. The lowest BCUT2D eigenvalue weighted by atomic mass is 10.1. The molecule has 0 amide bonds. The molecule has 0 aromatic carbocycles. The van der Waals surface area contributed by atoms with Crippen LogP contribution in [0, 0.1) is 6.92 Å². The number of nitrogens with zero attached hydrogens (tertiary/aromatic N) is 3. The molecule has 0 atom stereocenters. The molecule has 0 aliphatic heterocycles. The van der Waals surface area contributed by atoms with Crippen molar-refractivity contribution in [2.24, 2.45) is 12.8 Å². The third-order valence-corrected chi connectivity index (χ3v) is 3.30. The third kappa shape index (κ3) is 3.31. The predicted molar refractivity (Wildman–Crippen MR) is 60.2 cm³/mol. The Balaban J connectivity index is 2.43. The second-order valence-corrected chi connectivity index (χ2v) is 5.19. The van der Waals surface area contributed by atoms with Crippen LogP contribution in [0.15, 0.2) is 0 Å².